The molecule has 7 rings (SSSR count). The molecular formula is C42H50N10O6. The minimum atomic E-state index is -1.52. The third kappa shape index (κ3) is 9.59. The highest BCUT2D eigenvalue weighted by atomic mass is 16.6. The molecule has 0 spiro atoms. The number of fused-ring (bicyclic) bond motifs is 1. The number of likely N-dealkylation sites (tertiary alicyclic amines) is 1. The maximum Gasteiger partial charge on any atom is 0.315 e. The van der Waals surface area contributed by atoms with Gasteiger partial charge in [-0.1, -0.05) is 91.0 Å². The zero-order valence-corrected chi connectivity index (χ0v) is 32.3. The van der Waals surface area contributed by atoms with Gasteiger partial charge in [-0.25, -0.2) is 19.7 Å². The molecule has 7 N–H and O–H groups in total. The van der Waals surface area contributed by atoms with Gasteiger partial charge in [-0.3, -0.25) is 19.1 Å². The number of amides is 4. The van der Waals surface area contributed by atoms with E-state index in [9.17, 15) is 24.6 Å². The summed E-state index contributed by atoms with van der Waals surface area (Å²) in [6.45, 7) is 5.33. The second-order valence-corrected chi connectivity index (χ2v) is 14.5. The van der Waals surface area contributed by atoms with Gasteiger partial charge in [0.15, 0.2) is 29.3 Å². The molecule has 304 valence electrons. The van der Waals surface area contributed by atoms with Crippen molar-refractivity contribution >= 4 is 34.8 Å². The zero-order valence-electron chi connectivity index (χ0n) is 32.3. The molecule has 16 heteroatoms. The van der Waals surface area contributed by atoms with Crippen molar-refractivity contribution in [2.24, 2.45) is 0 Å². The number of anilines is 1. The van der Waals surface area contributed by atoms with Crippen molar-refractivity contribution in [2.75, 3.05) is 44.6 Å². The fourth-order valence-electron chi connectivity index (χ4n) is 7.45. The Morgan fingerprint density at radius 1 is 0.828 bits per heavy atom. The Hall–Kier alpha value is -5.94. The van der Waals surface area contributed by atoms with Crippen molar-refractivity contribution in [3.8, 4) is 0 Å². The van der Waals surface area contributed by atoms with Crippen LogP contribution in [-0.4, -0.2) is 116 Å². The number of rotatable bonds is 15. The van der Waals surface area contributed by atoms with Crippen LogP contribution in [-0.2, 0) is 16.1 Å². The second kappa shape index (κ2) is 19.0. The fraction of sp³-hybridized carbons (Fsp3) is 0.381. The first-order valence-corrected chi connectivity index (χ1v) is 19.8. The van der Waals surface area contributed by atoms with Crippen LogP contribution in [0.4, 0.5) is 10.6 Å². The third-order valence-electron chi connectivity index (χ3n) is 10.5. The standard InChI is InChI=1S/C42H50N10O6/c1-2-43-39(55)35-33(53)34(54)41(58-35)52-26-47-32-36(46-24-31(28-14-8-4-9-15-28)29-16-10-5-11-17-29)49-37(50-38(32)52)40(56)44-20-21-45-42(57)48-30-18-22-51(23-19-30)25-27-12-6-3-7-13-27/h3-17,26,30-31,33-35,41,53-54H,2,18-25H2,1H3,(H,43,55)(H,44,56)(H2,45,48,57)(H,46,49,50)/t33-,34+,35-,41?/m0/s1. The average molecular weight is 791 g/mol. The van der Waals surface area contributed by atoms with Gasteiger partial charge in [-0.2, -0.15) is 0 Å². The summed E-state index contributed by atoms with van der Waals surface area (Å²) >= 11 is 0. The number of likely N-dealkylation sites (N-methyl/N-ethyl adjacent to an activating group) is 1. The van der Waals surface area contributed by atoms with Crippen LogP contribution in [0.2, 0.25) is 0 Å². The Bertz CT molecular complexity index is 2090. The molecule has 2 aliphatic rings. The van der Waals surface area contributed by atoms with Gasteiger partial charge in [0.2, 0.25) is 5.82 Å². The summed E-state index contributed by atoms with van der Waals surface area (Å²) in [5.41, 5.74) is 3.82. The molecule has 4 heterocycles. The van der Waals surface area contributed by atoms with E-state index < -0.39 is 36.4 Å². The topological polar surface area (TPSA) is 208 Å². The van der Waals surface area contributed by atoms with Crippen molar-refractivity contribution in [2.45, 2.75) is 62.8 Å². The van der Waals surface area contributed by atoms with E-state index in [1.165, 1.54) is 16.5 Å². The highest BCUT2D eigenvalue weighted by Crippen LogP contribution is 2.33. The Balaban J connectivity index is 1.03. The first-order chi connectivity index (χ1) is 28.3. The van der Waals surface area contributed by atoms with E-state index in [0.717, 1.165) is 43.6 Å². The minimum absolute atomic E-state index is 0.0562. The van der Waals surface area contributed by atoms with Gasteiger partial charge in [0.25, 0.3) is 11.8 Å². The molecule has 2 saturated heterocycles. The molecule has 0 radical (unpaired) electrons. The molecule has 0 aliphatic carbocycles. The van der Waals surface area contributed by atoms with Gasteiger partial charge in [-0.15, -0.1) is 0 Å². The third-order valence-corrected chi connectivity index (χ3v) is 10.5. The van der Waals surface area contributed by atoms with Crippen LogP contribution in [0.5, 0.6) is 0 Å². The van der Waals surface area contributed by atoms with Gasteiger partial charge < -0.3 is 41.5 Å². The highest BCUT2D eigenvalue weighted by Gasteiger charge is 2.47. The molecule has 0 saturated carbocycles. The molecular weight excluding hydrogens is 741 g/mol. The van der Waals surface area contributed by atoms with E-state index in [4.69, 9.17) is 4.74 Å². The fourth-order valence-corrected chi connectivity index (χ4v) is 7.45. The predicted octanol–water partition coefficient (Wildman–Crippen LogP) is 2.52. The molecule has 4 atom stereocenters. The molecule has 4 amide bonds. The summed E-state index contributed by atoms with van der Waals surface area (Å²) in [4.78, 5) is 55.1. The second-order valence-electron chi connectivity index (χ2n) is 14.5. The Kier molecular flexibility index (Phi) is 13.2. The molecule has 3 aromatic carbocycles. The smallest absolute Gasteiger partial charge is 0.315 e. The Morgan fingerprint density at radius 2 is 1.47 bits per heavy atom. The van der Waals surface area contributed by atoms with E-state index in [1.807, 2.05) is 78.9 Å². The SMILES string of the molecule is CCNC(=O)[C@H]1OC(n2cnc3c(NCC(c4ccccc4)c4ccccc4)nc(C(=O)NCCNC(=O)NC4CCN(Cc5ccccc5)CC4)nc32)[C@H](O)[C@@H]1O. The Morgan fingerprint density at radius 3 is 2.12 bits per heavy atom. The summed E-state index contributed by atoms with van der Waals surface area (Å²) in [7, 11) is 0. The number of carbonyl (C=O) groups is 3. The number of carbonyl (C=O) groups excluding carboxylic acids is 3. The quantitative estimate of drug-likeness (QED) is 0.0767. The number of imidazole rings is 1. The van der Waals surface area contributed by atoms with E-state index in [0.29, 0.717) is 13.1 Å². The summed E-state index contributed by atoms with van der Waals surface area (Å²) in [5, 5.41) is 36.4. The molecule has 2 aromatic heterocycles. The highest BCUT2D eigenvalue weighted by molar-refractivity contribution is 5.94. The lowest BCUT2D eigenvalue weighted by Gasteiger charge is -2.32. The van der Waals surface area contributed by atoms with Crippen molar-refractivity contribution in [3.05, 3.63) is 120 Å². The van der Waals surface area contributed by atoms with Gasteiger partial charge >= 0.3 is 6.03 Å². The number of benzene rings is 3. The number of nitrogens with one attached hydrogen (secondary N) is 5. The number of urea groups is 1. The number of nitrogens with zero attached hydrogens (tertiary/aromatic N) is 5. The molecule has 2 fully saturated rings. The van der Waals surface area contributed by atoms with Crippen LogP contribution in [0, 0.1) is 0 Å². The normalized spacial score (nSPS) is 19.9. The molecule has 16 nitrogen and oxygen atoms in total. The number of aliphatic hydroxyl groups excluding tert-OH is 2. The lowest BCUT2D eigenvalue weighted by atomic mass is 9.91. The summed E-state index contributed by atoms with van der Waals surface area (Å²) in [6, 6.07) is 30.1. The van der Waals surface area contributed by atoms with Crippen LogP contribution in [0.15, 0.2) is 97.3 Å². The monoisotopic (exact) mass is 790 g/mol. The summed E-state index contributed by atoms with van der Waals surface area (Å²) in [6.07, 6.45) is -2.56. The molecule has 0 bridgehead atoms. The minimum Gasteiger partial charge on any atom is -0.387 e. The number of aromatic nitrogens is 4. The molecule has 2 aliphatic heterocycles. The number of ether oxygens (including phenoxy) is 1. The van der Waals surface area contributed by atoms with Crippen LogP contribution in [0.3, 0.4) is 0 Å². The number of aliphatic hydroxyl groups is 2. The number of hydrogen-bond donors (Lipinski definition) is 7. The molecule has 1 unspecified atom stereocenters. The maximum absolute atomic E-state index is 13.6. The maximum atomic E-state index is 13.6. The van der Waals surface area contributed by atoms with Gasteiger partial charge in [0.1, 0.15) is 12.2 Å². The van der Waals surface area contributed by atoms with Crippen LogP contribution in [0.25, 0.3) is 11.2 Å². The van der Waals surface area contributed by atoms with Crippen molar-refractivity contribution in [1.82, 2.24) is 45.7 Å². The van der Waals surface area contributed by atoms with E-state index in [-0.39, 0.29) is 53.9 Å². The van der Waals surface area contributed by atoms with E-state index >= 15 is 0 Å². The largest absolute Gasteiger partial charge is 0.387 e. The lowest BCUT2D eigenvalue weighted by molar-refractivity contribution is -0.137. The van der Waals surface area contributed by atoms with Crippen LogP contribution >= 0.6 is 0 Å². The van der Waals surface area contributed by atoms with Crippen LogP contribution in [0.1, 0.15) is 59.2 Å². The molecule has 5 aromatic rings. The number of hydrogen-bond acceptors (Lipinski definition) is 11. The average Bonchev–Trinajstić information content (AvgIpc) is 3.81. The van der Waals surface area contributed by atoms with Gasteiger partial charge in [0.05, 0.1) is 6.33 Å². The predicted molar refractivity (Wildman–Crippen MR) is 217 cm³/mol. The van der Waals surface area contributed by atoms with Crippen molar-refractivity contribution in [3.63, 3.8) is 0 Å². The molecule has 58 heavy (non-hydrogen) atoms. The van der Waals surface area contributed by atoms with Gasteiger partial charge in [0, 0.05) is 57.8 Å². The number of piperidine rings is 1. The zero-order chi connectivity index (χ0) is 40.4. The van der Waals surface area contributed by atoms with E-state index in [1.54, 1.807) is 6.92 Å². The summed E-state index contributed by atoms with van der Waals surface area (Å²) < 4.78 is 7.26. The van der Waals surface area contributed by atoms with Crippen LogP contribution < -0.4 is 26.6 Å². The first kappa shape index (κ1) is 40.3. The Labute approximate surface area is 336 Å². The first-order valence-electron chi connectivity index (χ1n) is 19.8. The van der Waals surface area contributed by atoms with Crippen molar-refractivity contribution in [1.29, 1.82) is 0 Å². The van der Waals surface area contributed by atoms with Crippen molar-refractivity contribution < 1.29 is 29.3 Å². The van der Waals surface area contributed by atoms with Gasteiger partial charge in [-0.05, 0) is 36.5 Å². The van der Waals surface area contributed by atoms with E-state index in [2.05, 4.69) is 58.6 Å². The lowest BCUT2D eigenvalue weighted by Crippen LogP contribution is -2.48. The summed E-state index contributed by atoms with van der Waals surface area (Å²) in [5.74, 6) is -1.23.